The lowest BCUT2D eigenvalue weighted by molar-refractivity contribution is -0.131. The number of cyclic esters (lactones) is 1. The van der Waals surface area contributed by atoms with Crippen LogP contribution in [0.1, 0.15) is 11.1 Å². The molecule has 0 bridgehead atoms. The summed E-state index contributed by atoms with van der Waals surface area (Å²) in [4.78, 5) is 26.8. The van der Waals surface area contributed by atoms with Gasteiger partial charge in [0.25, 0.3) is 5.91 Å². The molecule has 2 aromatic rings. The second-order valence-electron chi connectivity index (χ2n) is 5.91. The zero-order chi connectivity index (χ0) is 16.8. The summed E-state index contributed by atoms with van der Waals surface area (Å²) >= 11 is 0. The molecular weight excluding hydrogens is 301 g/mol. The molecule has 2 aromatic carbocycles. The summed E-state index contributed by atoms with van der Waals surface area (Å²) in [7, 11) is 3.67. The maximum absolute atomic E-state index is 12.8. The van der Waals surface area contributed by atoms with Crippen molar-refractivity contribution in [1.29, 1.82) is 0 Å². The van der Waals surface area contributed by atoms with E-state index in [4.69, 9.17) is 4.74 Å². The zero-order valence-electron chi connectivity index (χ0n) is 13.4. The van der Waals surface area contributed by atoms with E-state index in [1.54, 1.807) is 7.05 Å². The smallest absolute Gasteiger partial charge is 0.346 e. The molecular formula is C19H14BNO3. The Labute approximate surface area is 140 Å². The van der Waals surface area contributed by atoms with E-state index in [1.165, 1.54) is 4.90 Å². The molecule has 0 unspecified atom stereocenters. The molecule has 0 spiro atoms. The van der Waals surface area contributed by atoms with E-state index in [9.17, 15) is 9.59 Å². The molecule has 4 rings (SSSR count). The van der Waals surface area contributed by atoms with Crippen molar-refractivity contribution in [2.75, 3.05) is 7.05 Å². The standard InChI is InChI=1S/C19H14BNO3/c1-21-16(11-5-3-2-4-6-11)14-15(18(21)22)17(24-19(14)23)12-7-9-13(20)10-8-12/h2-10H,20H2,1H3. The van der Waals surface area contributed by atoms with Gasteiger partial charge in [0, 0.05) is 12.6 Å². The number of carbonyl (C=O) groups is 2. The van der Waals surface area contributed by atoms with Gasteiger partial charge in [-0.25, -0.2) is 4.79 Å². The van der Waals surface area contributed by atoms with E-state index < -0.39 is 5.97 Å². The Bertz CT molecular complexity index is 927. The van der Waals surface area contributed by atoms with Gasteiger partial charge in [0.2, 0.25) is 0 Å². The van der Waals surface area contributed by atoms with Gasteiger partial charge >= 0.3 is 5.97 Å². The molecule has 0 fully saturated rings. The molecule has 0 aromatic heterocycles. The summed E-state index contributed by atoms with van der Waals surface area (Å²) in [6.07, 6.45) is 0. The highest BCUT2D eigenvalue weighted by Crippen LogP contribution is 2.44. The third-order valence-electron chi connectivity index (χ3n) is 4.33. The van der Waals surface area contributed by atoms with Crippen LogP contribution in [0, 0.1) is 0 Å². The predicted octanol–water partition coefficient (Wildman–Crippen LogP) is 1.10. The van der Waals surface area contributed by atoms with Crippen molar-refractivity contribution < 1.29 is 14.3 Å². The fraction of sp³-hybridized carbons (Fsp3) is 0.0526. The molecule has 116 valence electrons. The molecule has 0 saturated carbocycles. The van der Waals surface area contributed by atoms with Crippen molar-refractivity contribution in [1.82, 2.24) is 4.90 Å². The van der Waals surface area contributed by atoms with Gasteiger partial charge in [-0.1, -0.05) is 60.1 Å². The number of nitrogens with zero attached hydrogens (tertiary/aromatic N) is 1. The van der Waals surface area contributed by atoms with Crippen molar-refractivity contribution in [3.63, 3.8) is 0 Å². The minimum absolute atomic E-state index is 0.217. The number of fused-ring (bicyclic) bond motifs is 1. The largest absolute Gasteiger partial charge is 0.421 e. The molecule has 0 aliphatic carbocycles. The van der Waals surface area contributed by atoms with Gasteiger partial charge in [-0.15, -0.1) is 0 Å². The van der Waals surface area contributed by atoms with E-state index in [1.807, 2.05) is 62.4 Å². The second-order valence-corrected chi connectivity index (χ2v) is 5.91. The van der Waals surface area contributed by atoms with E-state index >= 15 is 0 Å². The van der Waals surface area contributed by atoms with E-state index in [0.29, 0.717) is 22.6 Å². The third kappa shape index (κ3) is 2.02. The van der Waals surface area contributed by atoms with Gasteiger partial charge in [0.05, 0.1) is 11.3 Å². The fourth-order valence-corrected chi connectivity index (χ4v) is 3.11. The quantitative estimate of drug-likeness (QED) is 0.616. The second kappa shape index (κ2) is 5.23. The Balaban J connectivity index is 1.94. The molecule has 0 atom stereocenters. The highest BCUT2D eigenvalue weighted by atomic mass is 16.5. The van der Waals surface area contributed by atoms with Crippen LogP contribution in [0.3, 0.4) is 0 Å². The topological polar surface area (TPSA) is 46.6 Å². The lowest BCUT2D eigenvalue weighted by Gasteiger charge is -2.15. The van der Waals surface area contributed by atoms with E-state index in [0.717, 1.165) is 16.6 Å². The third-order valence-corrected chi connectivity index (χ3v) is 4.33. The summed E-state index contributed by atoms with van der Waals surface area (Å²) in [5, 5.41) is 0. The number of carbonyl (C=O) groups excluding carboxylic acids is 2. The average Bonchev–Trinajstić information content (AvgIpc) is 3.06. The molecule has 5 heteroatoms. The van der Waals surface area contributed by atoms with Crippen LogP contribution in [0.15, 0.2) is 65.7 Å². The Kier molecular flexibility index (Phi) is 3.16. The summed E-state index contributed by atoms with van der Waals surface area (Å²) in [6.45, 7) is 0. The average molecular weight is 315 g/mol. The monoisotopic (exact) mass is 315 g/mol. The molecule has 2 heterocycles. The van der Waals surface area contributed by atoms with Crippen LogP contribution in [0.4, 0.5) is 0 Å². The van der Waals surface area contributed by atoms with E-state index in [-0.39, 0.29) is 5.91 Å². The number of esters is 1. The van der Waals surface area contributed by atoms with Crippen LogP contribution in [0.5, 0.6) is 0 Å². The number of rotatable bonds is 2. The van der Waals surface area contributed by atoms with Crippen molar-refractivity contribution in [3.05, 3.63) is 76.9 Å². The summed E-state index contributed by atoms with van der Waals surface area (Å²) in [5.74, 6) is -0.347. The number of hydrogen-bond acceptors (Lipinski definition) is 3. The van der Waals surface area contributed by atoms with Gasteiger partial charge in [-0.3, -0.25) is 4.79 Å². The number of amides is 1. The van der Waals surface area contributed by atoms with Crippen LogP contribution in [-0.2, 0) is 14.3 Å². The van der Waals surface area contributed by atoms with Gasteiger partial charge in [0.1, 0.15) is 13.4 Å². The molecule has 0 radical (unpaired) electrons. The molecule has 2 aliphatic heterocycles. The number of hydrogen-bond donors (Lipinski definition) is 0. The molecule has 1 amide bonds. The molecule has 4 nitrogen and oxygen atoms in total. The highest BCUT2D eigenvalue weighted by molar-refractivity contribution is 6.32. The van der Waals surface area contributed by atoms with Crippen LogP contribution in [-0.4, -0.2) is 31.7 Å². The first-order valence-corrected chi connectivity index (χ1v) is 7.69. The van der Waals surface area contributed by atoms with Crippen LogP contribution in [0.2, 0.25) is 0 Å². The maximum atomic E-state index is 12.8. The lowest BCUT2D eigenvalue weighted by atomic mass is 9.94. The summed E-state index contributed by atoms with van der Waals surface area (Å²) in [6, 6.07) is 17.0. The van der Waals surface area contributed by atoms with Gasteiger partial charge in [-0.05, 0) is 5.56 Å². The zero-order valence-corrected chi connectivity index (χ0v) is 13.4. The summed E-state index contributed by atoms with van der Waals surface area (Å²) < 4.78 is 5.46. The van der Waals surface area contributed by atoms with Gasteiger partial charge in [0.15, 0.2) is 5.76 Å². The molecule has 0 N–H and O–H groups in total. The molecule has 24 heavy (non-hydrogen) atoms. The molecule has 2 aliphatic rings. The lowest BCUT2D eigenvalue weighted by Crippen LogP contribution is -2.21. The predicted molar refractivity (Wildman–Crippen MR) is 93.8 cm³/mol. The first-order valence-electron chi connectivity index (χ1n) is 7.69. The maximum Gasteiger partial charge on any atom is 0.346 e. The first kappa shape index (κ1) is 14.5. The Hall–Kier alpha value is -3.08. The highest BCUT2D eigenvalue weighted by Gasteiger charge is 2.45. The van der Waals surface area contributed by atoms with Crippen LogP contribution >= 0.6 is 0 Å². The Morgan fingerprint density at radius 2 is 1.54 bits per heavy atom. The molecule has 0 saturated heterocycles. The minimum atomic E-state index is -0.475. The van der Waals surface area contributed by atoms with Crippen molar-refractivity contribution >= 4 is 36.6 Å². The first-order chi connectivity index (χ1) is 11.6. The summed E-state index contributed by atoms with van der Waals surface area (Å²) in [5.41, 5.74) is 3.96. The normalized spacial score (nSPS) is 16.8. The van der Waals surface area contributed by atoms with Crippen molar-refractivity contribution in [2.24, 2.45) is 0 Å². The van der Waals surface area contributed by atoms with Gasteiger partial charge < -0.3 is 9.64 Å². The number of ether oxygens (including phenoxy) is 1. The van der Waals surface area contributed by atoms with Crippen molar-refractivity contribution in [2.45, 2.75) is 0 Å². The SMILES string of the molecule is Bc1ccc(C2=C3C(=O)N(C)C(c4ccccc4)=C3C(=O)O2)cc1. The van der Waals surface area contributed by atoms with Gasteiger partial charge in [-0.2, -0.15) is 0 Å². The van der Waals surface area contributed by atoms with E-state index in [2.05, 4.69) is 0 Å². The number of likely N-dealkylation sites (N-methyl/N-ethyl adjacent to an activating group) is 1. The fourth-order valence-electron chi connectivity index (χ4n) is 3.11. The Morgan fingerprint density at radius 1 is 0.875 bits per heavy atom. The number of benzene rings is 2. The Morgan fingerprint density at radius 3 is 2.21 bits per heavy atom. The minimum Gasteiger partial charge on any atom is -0.421 e. The van der Waals surface area contributed by atoms with Crippen LogP contribution < -0.4 is 5.46 Å². The van der Waals surface area contributed by atoms with Crippen molar-refractivity contribution in [3.8, 4) is 0 Å². The van der Waals surface area contributed by atoms with Crippen LogP contribution in [0.25, 0.3) is 11.5 Å².